The predicted molar refractivity (Wildman–Crippen MR) is 73.9 cm³/mol. The van der Waals surface area contributed by atoms with Gasteiger partial charge in [-0.1, -0.05) is 23.2 Å². The fourth-order valence-electron chi connectivity index (χ4n) is 1.82. The van der Waals surface area contributed by atoms with E-state index in [-0.39, 0.29) is 5.82 Å². The molecule has 3 aromatic rings. The molecule has 0 aliphatic rings. The Kier molecular flexibility index (Phi) is 2.93. The Bertz CT molecular complexity index is 784. The number of rotatable bonds is 2. The van der Waals surface area contributed by atoms with E-state index in [1.807, 2.05) is 0 Å². The first-order chi connectivity index (χ1) is 9.20. The van der Waals surface area contributed by atoms with Crippen LogP contribution in [0, 0.1) is 4.91 Å². The van der Waals surface area contributed by atoms with E-state index in [2.05, 4.69) is 15.1 Å². The summed E-state index contributed by atoms with van der Waals surface area (Å²) in [7, 11) is 0. The first-order valence-corrected chi connectivity index (χ1v) is 6.08. The van der Waals surface area contributed by atoms with Crippen LogP contribution in [0.3, 0.4) is 0 Å². The monoisotopic (exact) mass is 292 g/mol. The second-order valence-corrected chi connectivity index (χ2v) is 4.63. The average Bonchev–Trinajstić information content (AvgIpc) is 2.76. The molecule has 2 heterocycles. The van der Waals surface area contributed by atoms with Gasteiger partial charge in [0.1, 0.15) is 5.69 Å². The fourth-order valence-corrected chi connectivity index (χ4v) is 2.32. The quantitative estimate of drug-likeness (QED) is 0.668. The zero-order valence-electron chi connectivity index (χ0n) is 9.42. The minimum Gasteiger partial charge on any atom is -0.265 e. The van der Waals surface area contributed by atoms with Gasteiger partial charge in [0.2, 0.25) is 11.6 Å². The molecular formula is C12H6Cl2N4O. The third-order valence-corrected chi connectivity index (χ3v) is 3.20. The van der Waals surface area contributed by atoms with Crippen LogP contribution in [0.1, 0.15) is 0 Å². The van der Waals surface area contributed by atoms with E-state index in [1.165, 1.54) is 4.40 Å². The molecule has 7 heteroatoms. The summed E-state index contributed by atoms with van der Waals surface area (Å²) in [4.78, 5) is 19.4. The lowest BCUT2D eigenvalue weighted by molar-refractivity contribution is 1.10. The van der Waals surface area contributed by atoms with Gasteiger partial charge in [-0.15, -0.1) is 4.91 Å². The van der Waals surface area contributed by atoms with Crippen molar-refractivity contribution in [2.45, 2.75) is 0 Å². The number of nitroso groups, excluding NO2 is 1. The Morgan fingerprint density at radius 2 is 2.11 bits per heavy atom. The lowest BCUT2D eigenvalue weighted by Crippen LogP contribution is -1.84. The molecule has 94 valence electrons. The molecule has 19 heavy (non-hydrogen) atoms. The Labute approximate surface area is 117 Å². The smallest absolute Gasteiger partial charge is 0.236 e. The van der Waals surface area contributed by atoms with E-state index in [9.17, 15) is 4.91 Å². The number of nitrogens with zero attached hydrogens (tertiary/aromatic N) is 4. The van der Waals surface area contributed by atoms with Crippen molar-refractivity contribution in [2.24, 2.45) is 5.18 Å². The highest BCUT2D eigenvalue weighted by molar-refractivity contribution is 6.36. The molecular weight excluding hydrogens is 287 g/mol. The lowest BCUT2D eigenvalue weighted by atomic mass is 10.1. The third-order valence-electron chi connectivity index (χ3n) is 2.65. The number of hydrogen-bond donors (Lipinski definition) is 0. The lowest BCUT2D eigenvalue weighted by Gasteiger charge is -2.01. The molecule has 0 spiro atoms. The molecule has 0 amide bonds. The van der Waals surface area contributed by atoms with Crippen LogP contribution < -0.4 is 0 Å². The van der Waals surface area contributed by atoms with Crippen molar-refractivity contribution in [1.29, 1.82) is 0 Å². The fraction of sp³-hybridized carbons (Fsp3) is 0. The van der Waals surface area contributed by atoms with Gasteiger partial charge in [-0.2, -0.15) is 0 Å². The van der Waals surface area contributed by atoms with Gasteiger partial charge in [-0.3, -0.25) is 4.40 Å². The van der Waals surface area contributed by atoms with Crippen LogP contribution in [-0.4, -0.2) is 14.4 Å². The normalized spacial score (nSPS) is 10.8. The number of benzene rings is 1. The van der Waals surface area contributed by atoms with Gasteiger partial charge in [0, 0.05) is 23.0 Å². The Morgan fingerprint density at radius 1 is 1.26 bits per heavy atom. The van der Waals surface area contributed by atoms with Crippen LogP contribution in [0.2, 0.25) is 10.0 Å². The number of aromatic nitrogens is 3. The molecule has 5 nitrogen and oxygen atoms in total. The molecule has 2 aromatic heterocycles. The van der Waals surface area contributed by atoms with Crippen LogP contribution in [0.5, 0.6) is 0 Å². The van der Waals surface area contributed by atoms with Crippen LogP contribution in [0.25, 0.3) is 17.0 Å². The van der Waals surface area contributed by atoms with E-state index in [0.29, 0.717) is 27.1 Å². The van der Waals surface area contributed by atoms with E-state index >= 15 is 0 Å². The molecule has 0 saturated carbocycles. The van der Waals surface area contributed by atoms with Crippen molar-refractivity contribution in [3.63, 3.8) is 0 Å². The third kappa shape index (κ3) is 1.97. The van der Waals surface area contributed by atoms with Crippen molar-refractivity contribution in [1.82, 2.24) is 14.4 Å². The van der Waals surface area contributed by atoms with E-state index in [1.54, 1.807) is 36.7 Å². The number of hydrogen-bond acceptors (Lipinski definition) is 4. The Hall–Kier alpha value is -1.98. The maximum absolute atomic E-state index is 11.0. The van der Waals surface area contributed by atoms with E-state index in [0.717, 1.165) is 0 Å². The van der Waals surface area contributed by atoms with Crippen LogP contribution in [-0.2, 0) is 0 Å². The van der Waals surface area contributed by atoms with Crippen molar-refractivity contribution in [3.8, 4) is 11.3 Å². The van der Waals surface area contributed by atoms with Gasteiger partial charge >= 0.3 is 0 Å². The summed E-state index contributed by atoms with van der Waals surface area (Å²) in [5.74, 6) is 0.547. The molecule has 0 bridgehead atoms. The van der Waals surface area contributed by atoms with Crippen LogP contribution >= 0.6 is 23.2 Å². The van der Waals surface area contributed by atoms with Crippen molar-refractivity contribution < 1.29 is 0 Å². The van der Waals surface area contributed by atoms with Gasteiger partial charge in [-0.25, -0.2) is 9.97 Å². The standard InChI is InChI=1S/C12H6Cl2N4O/c13-7-2-3-8(9(14)6-7)10-11(17-19)18-5-1-4-15-12(18)16-10/h1-6H. The highest BCUT2D eigenvalue weighted by atomic mass is 35.5. The summed E-state index contributed by atoms with van der Waals surface area (Å²) >= 11 is 12.0. The minimum absolute atomic E-state index is 0.160. The van der Waals surface area contributed by atoms with Gasteiger partial charge in [0.15, 0.2) is 0 Å². The second-order valence-electron chi connectivity index (χ2n) is 3.79. The molecule has 0 aliphatic heterocycles. The topological polar surface area (TPSA) is 59.6 Å². The first-order valence-electron chi connectivity index (χ1n) is 5.32. The zero-order valence-corrected chi connectivity index (χ0v) is 10.9. The molecule has 0 radical (unpaired) electrons. The highest BCUT2D eigenvalue weighted by Crippen LogP contribution is 2.35. The Morgan fingerprint density at radius 3 is 2.84 bits per heavy atom. The van der Waals surface area contributed by atoms with Crippen molar-refractivity contribution >= 4 is 34.8 Å². The SMILES string of the molecule is O=Nc1c(-c2ccc(Cl)cc2Cl)nc2ncccn12. The number of halogens is 2. The molecule has 0 atom stereocenters. The molecule has 0 aliphatic carbocycles. The molecule has 3 rings (SSSR count). The molecule has 0 saturated heterocycles. The summed E-state index contributed by atoms with van der Waals surface area (Å²) in [5.41, 5.74) is 0.974. The first kappa shape index (κ1) is 12.1. The minimum atomic E-state index is 0.160. The molecule has 1 aromatic carbocycles. The maximum Gasteiger partial charge on any atom is 0.236 e. The van der Waals surface area contributed by atoms with Gasteiger partial charge in [-0.05, 0) is 29.4 Å². The number of fused-ring (bicyclic) bond motifs is 1. The van der Waals surface area contributed by atoms with Crippen molar-refractivity contribution in [2.75, 3.05) is 0 Å². The Balaban J connectivity index is 2.33. The molecule has 0 fully saturated rings. The summed E-state index contributed by atoms with van der Waals surface area (Å²) in [6.45, 7) is 0. The predicted octanol–water partition coefficient (Wildman–Crippen LogP) is 4.10. The van der Waals surface area contributed by atoms with Crippen LogP contribution in [0.4, 0.5) is 5.82 Å². The summed E-state index contributed by atoms with van der Waals surface area (Å²) in [5, 5.41) is 3.93. The summed E-state index contributed by atoms with van der Waals surface area (Å²) < 4.78 is 1.51. The van der Waals surface area contributed by atoms with E-state index < -0.39 is 0 Å². The average molecular weight is 293 g/mol. The molecule has 0 unspecified atom stereocenters. The second kappa shape index (κ2) is 4.60. The van der Waals surface area contributed by atoms with Gasteiger partial charge in [0.25, 0.3) is 0 Å². The van der Waals surface area contributed by atoms with Crippen molar-refractivity contribution in [3.05, 3.63) is 51.6 Å². The van der Waals surface area contributed by atoms with Gasteiger partial charge in [0.05, 0.1) is 5.02 Å². The summed E-state index contributed by atoms with van der Waals surface area (Å²) in [6, 6.07) is 6.65. The highest BCUT2D eigenvalue weighted by Gasteiger charge is 2.17. The van der Waals surface area contributed by atoms with Crippen LogP contribution in [0.15, 0.2) is 41.8 Å². The van der Waals surface area contributed by atoms with Gasteiger partial charge < -0.3 is 0 Å². The van der Waals surface area contributed by atoms with E-state index in [4.69, 9.17) is 23.2 Å². The zero-order chi connectivity index (χ0) is 13.4. The largest absolute Gasteiger partial charge is 0.265 e. The maximum atomic E-state index is 11.0. The summed E-state index contributed by atoms with van der Waals surface area (Å²) in [6.07, 6.45) is 3.25. The number of imidazole rings is 1. The molecule has 0 N–H and O–H groups in total.